The van der Waals surface area contributed by atoms with Gasteiger partial charge < -0.3 is 15.1 Å². The first kappa shape index (κ1) is 8.30. The Balaban J connectivity index is 2.46. The molecule has 2 aromatic rings. The van der Waals surface area contributed by atoms with Crippen LogP contribution in [-0.2, 0) is 0 Å². The van der Waals surface area contributed by atoms with Gasteiger partial charge in [-0.15, -0.1) is 5.10 Å². The predicted molar refractivity (Wildman–Crippen MR) is 43.4 cm³/mol. The molecule has 0 bridgehead atoms. The van der Waals surface area contributed by atoms with Crippen molar-refractivity contribution < 1.29 is 19.8 Å². The highest BCUT2D eigenvalue weighted by Gasteiger charge is 2.06. The average Bonchev–Trinajstić information content (AvgIpc) is 2.46. The van der Waals surface area contributed by atoms with Gasteiger partial charge >= 0.3 is 6.16 Å². The number of carboxylic acid groups (broad SMARTS) is 1. The Hall–Kier alpha value is -2.31. The smallest absolute Gasteiger partial charge is 0.449 e. The van der Waals surface area contributed by atoms with Crippen LogP contribution in [0.5, 0.6) is 5.75 Å². The number of fused-ring (bicyclic) bond motifs is 1. The Bertz CT molecular complexity index is 493. The van der Waals surface area contributed by atoms with Crippen molar-refractivity contribution in [1.82, 2.24) is 15.2 Å². The summed E-state index contributed by atoms with van der Waals surface area (Å²) in [6.07, 6.45) is -1.40. The molecule has 2 N–H and O–H groups in total. The van der Waals surface area contributed by atoms with Crippen molar-refractivity contribution >= 4 is 17.2 Å². The van der Waals surface area contributed by atoms with Gasteiger partial charge in [-0.2, -0.15) is 0 Å². The third-order valence-corrected chi connectivity index (χ3v) is 1.60. The van der Waals surface area contributed by atoms with Gasteiger partial charge in [0, 0.05) is 6.07 Å². The van der Waals surface area contributed by atoms with Crippen LogP contribution in [0.25, 0.3) is 11.0 Å². The molecule has 0 unspecified atom stereocenters. The van der Waals surface area contributed by atoms with E-state index in [1.54, 1.807) is 0 Å². The fraction of sp³-hybridized carbons (Fsp3) is 0. The topological polar surface area (TPSA) is 97.5 Å². The van der Waals surface area contributed by atoms with Crippen molar-refractivity contribution in [3.8, 4) is 5.75 Å². The maximum absolute atomic E-state index is 10.2. The molecule has 0 saturated carbocycles. The molecule has 72 valence electrons. The van der Waals surface area contributed by atoms with Gasteiger partial charge in [-0.05, 0) is 17.3 Å². The minimum absolute atomic E-state index is 0.130. The Morgan fingerprint density at radius 3 is 3.00 bits per heavy atom. The molecule has 1 aromatic heterocycles. The summed E-state index contributed by atoms with van der Waals surface area (Å²) in [7, 11) is 0. The molecular formula is C7H5N3O4. The first-order chi connectivity index (χ1) is 6.66. The zero-order valence-electron chi connectivity index (χ0n) is 6.78. The summed E-state index contributed by atoms with van der Waals surface area (Å²) in [5, 5.41) is 24.3. The van der Waals surface area contributed by atoms with Crippen LogP contribution in [0, 0.1) is 0 Å². The third-order valence-electron chi connectivity index (χ3n) is 1.60. The number of nitrogens with zero attached hydrogens (tertiary/aromatic N) is 3. The monoisotopic (exact) mass is 195 g/mol. The minimum Gasteiger partial charge on any atom is -0.449 e. The van der Waals surface area contributed by atoms with E-state index in [-0.39, 0.29) is 5.75 Å². The second kappa shape index (κ2) is 2.87. The van der Waals surface area contributed by atoms with Crippen LogP contribution in [0.3, 0.4) is 0 Å². The number of aromatic nitrogens is 3. The second-order valence-electron chi connectivity index (χ2n) is 2.50. The van der Waals surface area contributed by atoms with Gasteiger partial charge in [0.15, 0.2) is 0 Å². The zero-order valence-corrected chi connectivity index (χ0v) is 6.78. The Kier molecular flexibility index (Phi) is 1.70. The summed E-state index contributed by atoms with van der Waals surface area (Å²) in [5.41, 5.74) is 0.731. The van der Waals surface area contributed by atoms with E-state index >= 15 is 0 Å². The van der Waals surface area contributed by atoms with Crippen LogP contribution in [0.1, 0.15) is 0 Å². The molecule has 0 aliphatic heterocycles. The number of ether oxygens (including phenoxy) is 1. The van der Waals surface area contributed by atoms with Crippen molar-refractivity contribution in [2.45, 2.75) is 0 Å². The number of hydrogen-bond donors (Lipinski definition) is 2. The molecule has 2 rings (SSSR count). The summed E-state index contributed by atoms with van der Waals surface area (Å²) in [5.74, 6) is 0.130. The predicted octanol–water partition coefficient (Wildman–Crippen LogP) is 0.725. The van der Waals surface area contributed by atoms with E-state index in [0.29, 0.717) is 15.9 Å². The lowest BCUT2D eigenvalue weighted by Crippen LogP contribution is -2.02. The fourth-order valence-corrected chi connectivity index (χ4v) is 1.06. The van der Waals surface area contributed by atoms with Crippen LogP contribution < -0.4 is 4.74 Å². The first-order valence-corrected chi connectivity index (χ1v) is 3.62. The van der Waals surface area contributed by atoms with E-state index in [1.807, 2.05) is 0 Å². The standard InChI is InChI=1S/C7H5N3O4/c11-7(12)14-4-1-2-6-5(3-4)8-9-10(6)13/h1-3,13H,(H,11,12). The van der Waals surface area contributed by atoms with Crippen LogP contribution in [-0.4, -0.2) is 31.6 Å². The number of rotatable bonds is 1. The molecule has 7 nitrogen and oxygen atoms in total. The highest BCUT2D eigenvalue weighted by Crippen LogP contribution is 2.17. The second-order valence-corrected chi connectivity index (χ2v) is 2.50. The molecule has 0 aliphatic carbocycles. The van der Waals surface area contributed by atoms with Crippen molar-refractivity contribution in [3.63, 3.8) is 0 Å². The summed E-state index contributed by atoms with van der Waals surface area (Å²) in [6.45, 7) is 0. The van der Waals surface area contributed by atoms with Crippen molar-refractivity contribution in [2.75, 3.05) is 0 Å². The van der Waals surface area contributed by atoms with E-state index in [0.717, 1.165) is 0 Å². The van der Waals surface area contributed by atoms with Gasteiger partial charge in [-0.25, -0.2) is 4.79 Å². The highest BCUT2D eigenvalue weighted by atomic mass is 16.7. The van der Waals surface area contributed by atoms with Gasteiger partial charge in [-0.3, -0.25) is 0 Å². The Morgan fingerprint density at radius 2 is 2.29 bits per heavy atom. The van der Waals surface area contributed by atoms with E-state index < -0.39 is 6.16 Å². The Labute approximate surface area is 77.1 Å². The van der Waals surface area contributed by atoms with Gasteiger partial charge in [0.25, 0.3) is 0 Å². The van der Waals surface area contributed by atoms with Crippen molar-refractivity contribution in [1.29, 1.82) is 0 Å². The van der Waals surface area contributed by atoms with E-state index in [4.69, 9.17) is 10.3 Å². The number of carbonyl (C=O) groups is 1. The molecule has 0 saturated heterocycles. The molecule has 0 atom stereocenters. The fourth-order valence-electron chi connectivity index (χ4n) is 1.06. The molecule has 1 aromatic carbocycles. The quantitative estimate of drug-likeness (QED) is 0.395. The lowest BCUT2D eigenvalue weighted by molar-refractivity contribution is 0.144. The maximum Gasteiger partial charge on any atom is 0.511 e. The summed E-state index contributed by atoms with van der Waals surface area (Å²) >= 11 is 0. The average molecular weight is 195 g/mol. The van der Waals surface area contributed by atoms with E-state index in [2.05, 4.69) is 15.0 Å². The van der Waals surface area contributed by atoms with Crippen LogP contribution in [0.2, 0.25) is 0 Å². The molecule has 0 radical (unpaired) electrons. The zero-order chi connectivity index (χ0) is 10.1. The van der Waals surface area contributed by atoms with Crippen LogP contribution in [0.15, 0.2) is 18.2 Å². The van der Waals surface area contributed by atoms with Gasteiger partial charge in [0.2, 0.25) is 0 Å². The summed E-state index contributed by atoms with van der Waals surface area (Å²) in [6, 6.07) is 4.21. The highest BCUT2D eigenvalue weighted by molar-refractivity contribution is 5.76. The normalized spacial score (nSPS) is 10.3. The lowest BCUT2D eigenvalue weighted by atomic mass is 10.3. The largest absolute Gasteiger partial charge is 0.511 e. The third kappa shape index (κ3) is 1.30. The van der Waals surface area contributed by atoms with Gasteiger partial charge in [0.05, 0.1) is 0 Å². The maximum atomic E-state index is 10.2. The van der Waals surface area contributed by atoms with Gasteiger partial charge in [-0.1, -0.05) is 4.85 Å². The molecule has 14 heavy (non-hydrogen) atoms. The molecule has 1 heterocycles. The molecule has 0 spiro atoms. The molecular weight excluding hydrogens is 190 g/mol. The van der Waals surface area contributed by atoms with Crippen LogP contribution in [0.4, 0.5) is 4.79 Å². The van der Waals surface area contributed by atoms with Crippen molar-refractivity contribution in [3.05, 3.63) is 18.2 Å². The molecule has 0 aliphatic rings. The number of benzene rings is 1. The van der Waals surface area contributed by atoms with Gasteiger partial charge in [0.1, 0.15) is 16.8 Å². The summed E-state index contributed by atoms with van der Waals surface area (Å²) < 4.78 is 4.39. The van der Waals surface area contributed by atoms with E-state index in [1.165, 1.54) is 18.2 Å². The van der Waals surface area contributed by atoms with Crippen molar-refractivity contribution in [2.24, 2.45) is 0 Å². The lowest BCUT2D eigenvalue weighted by Gasteiger charge is -1.97. The Morgan fingerprint density at radius 1 is 1.50 bits per heavy atom. The SMILES string of the molecule is O=C(O)Oc1ccc2c(c1)nnn2O. The molecule has 0 amide bonds. The van der Waals surface area contributed by atoms with Crippen LogP contribution >= 0.6 is 0 Å². The number of hydrogen-bond acceptors (Lipinski definition) is 5. The molecule has 7 heteroatoms. The minimum atomic E-state index is -1.40. The summed E-state index contributed by atoms with van der Waals surface area (Å²) in [4.78, 5) is 10.8. The molecule has 0 fully saturated rings. The first-order valence-electron chi connectivity index (χ1n) is 3.62. The van der Waals surface area contributed by atoms with E-state index in [9.17, 15) is 4.79 Å².